The van der Waals surface area contributed by atoms with Gasteiger partial charge in [0.15, 0.2) is 0 Å². The predicted molar refractivity (Wildman–Crippen MR) is 101 cm³/mol. The molecule has 1 aliphatic heterocycles. The molecule has 27 heavy (non-hydrogen) atoms. The number of hydrogen-bond acceptors (Lipinski definition) is 4. The third-order valence-electron chi connectivity index (χ3n) is 4.89. The van der Waals surface area contributed by atoms with Gasteiger partial charge >= 0.3 is 0 Å². The molecule has 2 aromatic carbocycles. The highest BCUT2D eigenvalue weighted by molar-refractivity contribution is 5.81. The Kier molecular flexibility index (Phi) is 6.42. The second-order valence-corrected chi connectivity index (χ2v) is 6.65. The molecule has 2 unspecified atom stereocenters. The molecule has 0 radical (unpaired) electrons. The standard InChI is InChI=1S/C21H25FN2O3/c1-15(21(25)23-13-16-3-9-19(26-2)10-4-16)24-11-12-27-20(14-24)17-5-7-18(22)8-6-17/h3-10,15,20H,11-14H2,1-2H3,(H,23,25). The Morgan fingerprint density at radius 3 is 2.63 bits per heavy atom. The van der Waals surface area contributed by atoms with Gasteiger partial charge in [0.05, 0.1) is 25.9 Å². The van der Waals surface area contributed by atoms with Crippen molar-refractivity contribution in [2.75, 3.05) is 26.8 Å². The average molecular weight is 372 g/mol. The lowest BCUT2D eigenvalue weighted by Crippen LogP contribution is -2.50. The van der Waals surface area contributed by atoms with Crippen molar-refractivity contribution < 1.29 is 18.7 Å². The monoisotopic (exact) mass is 372 g/mol. The number of amides is 1. The van der Waals surface area contributed by atoms with E-state index in [0.29, 0.717) is 26.2 Å². The summed E-state index contributed by atoms with van der Waals surface area (Å²) in [7, 11) is 1.63. The molecule has 0 bridgehead atoms. The maximum atomic E-state index is 13.1. The summed E-state index contributed by atoms with van der Waals surface area (Å²) in [5, 5.41) is 2.98. The van der Waals surface area contributed by atoms with E-state index >= 15 is 0 Å². The van der Waals surface area contributed by atoms with Gasteiger partial charge in [0.1, 0.15) is 11.6 Å². The number of halogens is 1. The summed E-state index contributed by atoms with van der Waals surface area (Å²) >= 11 is 0. The van der Waals surface area contributed by atoms with E-state index in [1.807, 2.05) is 31.2 Å². The minimum atomic E-state index is -0.268. The number of morpholine rings is 1. The molecular weight excluding hydrogens is 347 g/mol. The van der Waals surface area contributed by atoms with Gasteiger partial charge in [-0.05, 0) is 42.3 Å². The number of methoxy groups -OCH3 is 1. The van der Waals surface area contributed by atoms with Crippen LogP contribution in [0.5, 0.6) is 5.75 Å². The van der Waals surface area contributed by atoms with Crippen LogP contribution in [0.1, 0.15) is 24.2 Å². The van der Waals surface area contributed by atoms with Gasteiger partial charge in [-0.2, -0.15) is 0 Å². The van der Waals surface area contributed by atoms with Gasteiger partial charge in [0, 0.05) is 19.6 Å². The molecule has 1 N–H and O–H groups in total. The zero-order valence-corrected chi connectivity index (χ0v) is 15.7. The van der Waals surface area contributed by atoms with Crippen molar-refractivity contribution in [2.24, 2.45) is 0 Å². The molecule has 1 aliphatic rings. The first-order valence-electron chi connectivity index (χ1n) is 9.08. The van der Waals surface area contributed by atoms with Gasteiger partial charge in [-0.3, -0.25) is 9.69 Å². The number of hydrogen-bond donors (Lipinski definition) is 1. The molecule has 0 spiro atoms. The van der Waals surface area contributed by atoms with E-state index in [1.165, 1.54) is 12.1 Å². The van der Waals surface area contributed by atoms with Crippen LogP contribution in [0.3, 0.4) is 0 Å². The Morgan fingerprint density at radius 1 is 1.26 bits per heavy atom. The van der Waals surface area contributed by atoms with Crippen molar-refractivity contribution in [1.29, 1.82) is 0 Å². The van der Waals surface area contributed by atoms with E-state index < -0.39 is 0 Å². The highest BCUT2D eigenvalue weighted by atomic mass is 19.1. The quantitative estimate of drug-likeness (QED) is 0.847. The number of benzene rings is 2. The lowest BCUT2D eigenvalue weighted by atomic mass is 10.1. The summed E-state index contributed by atoms with van der Waals surface area (Å²) in [6, 6.07) is 13.7. The molecule has 5 nitrogen and oxygen atoms in total. The Morgan fingerprint density at radius 2 is 1.96 bits per heavy atom. The van der Waals surface area contributed by atoms with E-state index in [2.05, 4.69) is 10.2 Å². The first-order chi connectivity index (χ1) is 13.1. The Hall–Kier alpha value is -2.44. The van der Waals surface area contributed by atoms with E-state index in [-0.39, 0.29) is 23.9 Å². The SMILES string of the molecule is COc1ccc(CNC(=O)C(C)N2CCOC(c3ccc(F)cc3)C2)cc1. The van der Waals surface area contributed by atoms with Crippen LogP contribution in [0.4, 0.5) is 4.39 Å². The summed E-state index contributed by atoms with van der Waals surface area (Å²) < 4.78 is 24.1. The minimum absolute atomic E-state index is 0.0226. The maximum Gasteiger partial charge on any atom is 0.237 e. The van der Waals surface area contributed by atoms with Crippen molar-refractivity contribution in [1.82, 2.24) is 10.2 Å². The molecule has 0 saturated carbocycles. The van der Waals surface area contributed by atoms with E-state index in [1.54, 1.807) is 19.2 Å². The topological polar surface area (TPSA) is 50.8 Å². The molecule has 1 heterocycles. The van der Waals surface area contributed by atoms with Crippen LogP contribution in [-0.4, -0.2) is 43.7 Å². The Bertz CT molecular complexity index is 749. The van der Waals surface area contributed by atoms with Crippen LogP contribution < -0.4 is 10.1 Å². The predicted octanol–water partition coefficient (Wildman–Crippen LogP) is 2.91. The van der Waals surface area contributed by atoms with Crippen LogP contribution in [-0.2, 0) is 16.1 Å². The molecule has 0 aromatic heterocycles. The molecule has 1 amide bonds. The molecule has 6 heteroatoms. The number of nitrogens with one attached hydrogen (secondary N) is 1. The Balaban J connectivity index is 1.54. The van der Waals surface area contributed by atoms with Crippen LogP contribution in [0.25, 0.3) is 0 Å². The van der Waals surface area contributed by atoms with Gasteiger partial charge in [0.25, 0.3) is 0 Å². The van der Waals surface area contributed by atoms with Crippen LogP contribution in [0.15, 0.2) is 48.5 Å². The summed E-state index contributed by atoms with van der Waals surface area (Å²) in [6.45, 7) is 4.20. The number of nitrogens with zero attached hydrogens (tertiary/aromatic N) is 1. The molecule has 1 saturated heterocycles. The van der Waals surface area contributed by atoms with Crippen molar-refractivity contribution in [3.05, 3.63) is 65.5 Å². The summed E-state index contributed by atoms with van der Waals surface area (Å²) in [6.07, 6.45) is -0.156. The molecular formula is C21H25FN2O3. The van der Waals surface area contributed by atoms with E-state index in [4.69, 9.17) is 9.47 Å². The lowest BCUT2D eigenvalue weighted by molar-refractivity contribution is -0.129. The number of rotatable bonds is 6. The van der Waals surface area contributed by atoms with Gasteiger partial charge in [0.2, 0.25) is 5.91 Å². The number of carbonyl (C=O) groups is 1. The fraction of sp³-hybridized carbons (Fsp3) is 0.381. The number of carbonyl (C=O) groups excluding carboxylic acids is 1. The van der Waals surface area contributed by atoms with Crippen LogP contribution in [0.2, 0.25) is 0 Å². The lowest BCUT2D eigenvalue weighted by Gasteiger charge is -2.36. The normalized spacial score (nSPS) is 18.7. The van der Waals surface area contributed by atoms with Crippen molar-refractivity contribution in [2.45, 2.75) is 25.6 Å². The van der Waals surface area contributed by atoms with E-state index in [0.717, 1.165) is 16.9 Å². The van der Waals surface area contributed by atoms with Crippen molar-refractivity contribution in [3.63, 3.8) is 0 Å². The highest BCUT2D eigenvalue weighted by Crippen LogP contribution is 2.23. The second kappa shape index (κ2) is 8.97. The van der Waals surface area contributed by atoms with Gasteiger partial charge in [-0.1, -0.05) is 24.3 Å². The fourth-order valence-corrected chi connectivity index (χ4v) is 3.15. The minimum Gasteiger partial charge on any atom is -0.497 e. The molecule has 3 rings (SSSR count). The zero-order chi connectivity index (χ0) is 19.2. The zero-order valence-electron chi connectivity index (χ0n) is 15.7. The van der Waals surface area contributed by atoms with Crippen LogP contribution >= 0.6 is 0 Å². The fourth-order valence-electron chi connectivity index (χ4n) is 3.15. The highest BCUT2D eigenvalue weighted by Gasteiger charge is 2.28. The Labute approximate surface area is 159 Å². The maximum absolute atomic E-state index is 13.1. The molecule has 144 valence electrons. The second-order valence-electron chi connectivity index (χ2n) is 6.65. The first kappa shape index (κ1) is 19.3. The van der Waals surface area contributed by atoms with Gasteiger partial charge in [-0.25, -0.2) is 4.39 Å². The van der Waals surface area contributed by atoms with Crippen molar-refractivity contribution in [3.8, 4) is 5.75 Å². The summed E-state index contributed by atoms with van der Waals surface area (Å²) in [4.78, 5) is 14.7. The van der Waals surface area contributed by atoms with Gasteiger partial charge < -0.3 is 14.8 Å². The summed E-state index contributed by atoms with van der Waals surface area (Å²) in [5.74, 6) is 0.502. The molecule has 0 aliphatic carbocycles. The third kappa shape index (κ3) is 5.05. The van der Waals surface area contributed by atoms with Crippen LogP contribution in [0, 0.1) is 5.82 Å². The summed E-state index contributed by atoms with van der Waals surface area (Å²) in [5.41, 5.74) is 1.94. The average Bonchev–Trinajstić information content (AvgIpc) is 2.72. The molecule has 1 fully saturated rings. The van der Waals surface area contributed by atoms with Crippen molar-refractivity contribution >= 4 is 5.91 Å². The smallest absolute Gasteiger partial charge is 0.237 e. The van der Waals surface area contributed by atoms with Gasteiger partial charge in [-0.15, -0.1) is 0 Å². The molecule has 2 atom stereocenters. The van der Waals surface area contributed by atoms with E-state index in [9.17, 15) is 9.18 Å². The third-order valence-corrected chi connectivity index (χ3v) is 4.89. The molecule has 2 aromatic rings. The number of ether oxygens (including phenoxy) is 2. The largest absolute Gasteiger partial charge is 0.497 e. The first-order valence-corrected chi connectivity index (χ1v) is 9.08.